The van der Waals surface area contributed by atoms with Crippen molar-refractivity contribution in [3.63, 3.8) is 0 Å². The van der Waals surface area contributed by atoms with E-state index in [0.717, 1.165) is 55.4 Å². The van der Waals surface area contributed by atoms with Crippen LogP contribution in [0.15, 0.2) is 218 Å². The summed E-state index contributed by atoms with van der Waals surface area (Å²) in [5.74, 6) is -1.19. The average Bonchev–Trinajstić information content (AvgIpc) is 3.31. The topological polar surface area (TPSA) is 0 Å². The molecule has 0 aliphatic carbocycles. The van der Waals surface area contributed by atoms with E-state index in [9.17, 15) is 8.78 Å². The number of fused-ring (bicyclic) bond motifs is 6. The highest BCUT2D eigenvalue weighted by molar-refractivity contribution is 6.23. The van der Waals surface area contributed by atoms with Crippen LogP contribution in [0.2, 0.25) is 0 Å². The Balaban J connectivity index is 1.06. The van der Waals surface area contributed by atoms with E-state index in [-0.39, 0.29) is 0 Å². The van der Waals surface area contributed by atoms with Gasteiger partial charge in [0.15, 0.2) is 0 Å². The molecule has 0 atom stereocenters. The molecule has 12 aromatic carbocycles. The van der Waals surface area contributed by atoms with Gasteiger partial charge in [0.2, 0.25) is 0 Å². The van der Waals surface area contributed by atoms with E-state index in [2.05, 4.69) is 176 Å². The van der Waals surface area contributed by atoms with Crippen molar-refractivity contribution in [1.82, 2.24) is 0 Å². The molecule has 2 heteroatoms. The number of benzene rings is 12. The lowest BCUT2D eigenvalue weighted by atomic mass is 9.84. The molecular formula is C60H36F2. The van der Waals surface area contributed by atoms with Gasteiger partial charge in [-0.2, -0.15) is 0 Å². The second-order valence-corrected chi connectivity index (χ2v) is 16.3. The van der Waals surface area contributed by atoms with Crippen LogP contribution in [0.3, 0.4) is 0 Å². The highest BCUT2D eigenvalue weighted by Gasteiger charge is 2.20. The molecule has 0 saturated heterocycles. The Kier molecular flexibility index (Phi) is 8.33. The fourth-order valence-corrected chi connectivity index (χ4v) is 9.95. The maximum absolute atomic E-state index is 14.7. The van der Waals surface area contributed by atoms with Crippen molar-refractivity contribution in [2.75, 3.05) is 0 Å². The summed E-state index contributed by atoms with van der Waals surface area (Å²) < 4.78 is 29.3. The van der Waals surface area contributed by atoms with E-state index in [1.165, 1.54) is 77.5 Å². The summed E-state index contributed by atoms with van der Waals surface area (Å²) in [5, 5.41) is 13.7. The molecule has 12 aromatic rings. The SMILES string of the molecule is Fc1cc(F)cc(-c2c3ccccc3c(-c3ccc(-c4ccc5c(-c6ccc7ccccc7c6)c6ccccc6c(-c6ccc7ccccc7c6)c5c4)cc3)c3ccccc23)c1. The van der Waals surface area contributed by atoms with Crippen LogP contribution in [0.5, 0.6) is 0 Å². The Labute approximate surface area is 357 Å². The van der Waals surface area contributed by atoms with E-state index in [1.807, 2.05) is 24.3 Å². The van der Waals surface area contributed by atoms with E-state index in [1.54, 1.807) is 0 Å². The predicted molar refractivity (Wildman–Crippen MR) is 259 cm³/mol. The summed E-state index contributed by atoms with van der Waals surface area (Å²) >= 11 is 0. The lowest BCUT2D eigenvalue weighted by Crippen LogP contribution is -1.93. The molecule has 0 heterocycles. The normalized spacial score (nSPS) is 11.7. The molecule has 0 N–H and O–H groups in total. The molecule has 0 aliphatic heterocycles. The molecule has 0 fully saturated rings. The van der Waals surface area contributed by atoms with Gasteiger partial charge in [-0.1, -0.05) is 182 Å². The Bertz CT molecular complexity index is 3690. The number of hydrogen-bond acceptors (Lipinski definition) is 0. The van der Waals surface area contributed by atoms with Gasteiger partial charge in [0, 0.05) is 6.07 Å². The molecule has 0 bridgehead atoms. The largest absolute Gasteiger partial charge is 0.207 e. The Morgan fingerprint density at radius 2 is 0.532 bits per heavy atom. The van der Waals surface area contributed by atoms with E-state index >= 15 is 0 Å². The van der Waals surface area contributed by atoms with Gasteiger partial charge in [-0.25, -0.2) is 8.78 Å². The van der Waals surface area contributed by atoms with Crippen LogP contribution in [-0.2, 0) is 0 Å². The van der Waals surface area contributed by atoms with Crippen molar-refractivity contribution in [3.05, 3.63) is 230 Å². The van der Waals surface area contributed by atoms with Crippen molar-refractivity contribution < 1.29 is 8.78 Å². The van der Waals surface area contributed by atoms with E-state index in [0.29, 0.717) is 5.56 Å². The lowest BCUT2D eigenvalue weighted by molar-refractivity contribution is 0.584. The summed E-state index contributed by atoms with van der Waals surface area (Å²) in [6.07, 6.45) is 0. The van der Waals surface area contributed by atoms with Crippen molar-refractivity contribution in [3.8, 4) is 55.6 Å². The summed E-state index contributed by atoms with van der Waals surface area (Å²) in [6.45, 7) is 0. The Morgan fingerprint density at radius 1 is 0.194 bits per heavy atom. The van der Waals surface area contributed by atoms with Crippen LogP contribution in [-0.4, -0.2) is 0 Å². The zero-order valence-corrected chi connectivity index (χ0v) is 33.5. The number of halogens is 2. The minimum atomic E-state index is -0.594. The fraction of sp³-hybridized carbons (Fsp3) is 0. The molecule has 0 unspecified atom stereocenters. The van der Waals surface area contributed by atoms with Gasteiger partial charge in [0.25, 0.3) is 0 Å². The van der Waals surface area contributed by atoms with Gasteiger partial charge in [0.1, 0.15) is 11.6 Å². The van der Waals surface area contributed by atoms with Crippen molar-refractivity contribution in [1.29, 1.82) is 0 Å². The van der Waals surface area contributed by atoms with Crippen LogP contribution in [0.25, 0.3) is 120 Å². The summed E-state index contributed by atoms with van der Waals surface area (Å²) in [7, 11) is 0. The highest BCUT2D eigenvalue weighted by Crippen LogP contribution is 2.47. The van der Waals surface area contributed by atoms with Crippen LogP contribution in [0, 0.1) is 11.6 Å². The zero-order chi connectivity index (χ0) is 41.3. The third-order valence-electron chi connectivity index (χ3n) is 12.7. The van der Waals surface area contributed by atoms with Gasteiger partial charge in [-0.15, -0.1) is 0 Å². The smallest absolute Gasteiger partial charge is 0.126 e. The number of hydrogen-bond donors (Lipinski definition) is 0. The minimum Gasteiger partial charge on any atom is -0.207 e. The molecule has 12 rings (SSSR count). The first-order valence-electron chi connectivity index (χ1n) is 21.0. The van der Waals surface area contributed by atoms with Gasteiger partial charge in [-0.05, 0) is 151 Å². The molecule has 0 amide bonds. The van der Waals surface area contributed by atoms with Crippen molar-refractivity contribution in [2.24, 2.45) is 0 Å². The lowest BCUT2D eigenvalue weighted by Gasteiger charge is -2.19. The van der Waals surface area contributed by atoms with Gasteiger partial charge < -0.3 is 0 Å². The van der Waals surface area contributed by atoms with Crippen molar-refractivity contribution >= 4 is 64.6 Å². The first-order chi connectivity index (χ1) is 30.6. The molecule has 0 saturated carbocycles. The first kappa shape index (κ1) is 36.0. The molecule has 290 valence electrons. The van der Waals surface area contributed by atoms with E-state index in [4.69, 9.17) is 0 Å². The summed E-state index contributed by atoms with van der Waals surface area (Å²) in [6, 6.07) is 75.6. The highest BCUT2D eigenvalue weighted by atomic mass is 19.1. The minimum absolute atomic E-state index is 0.521. The second kappa shape index (κ2) is 14.4. The van der Waals surface area contributed by atoms with Gasteiger partial charge in [0.05, 0.1) is 0 Å². The van der Waals surface area contributed by atoms with Gasteiger partial charge in [-0.3, -0.25) is 0 Å². The Morgan fingerprint density at radius 3 is 1.02 bits per heavy atom. The maximum atomic E-state index is 14.7. The molecule has 0 nitrogen and oxygen atoms in total. The first-order valence-corrected chi connectivity index (χ1v) is 21.0. The average molecular weight is 795 g/mol. The molecule has 62 heavy (non-hydrogen) atoms. The molecule has 0 radical (unpaired) electrons. The van der Waals surface area contributed by atoms with Crippen LogP contribution in [0.4, 0.5) is 8.78 Å². The number of rotatable bonds is 5. The third-order valence-corrected chi connectivity index (χ3v) is 12.7. The predicted octanol–water partition coefficient (Wildman–Crippen LogP) is 17.2. The molecule has 0 aliphatic rings. The third kappa shape index (κ3) is 5.87. The fourth-order valence-electron chi connectivity index (χ4n) is 9.95. The van der Waals surface area contributed by atoms with Crippen molar-refractivity contribution in [2.45, 2.75) is 0 Å². The zero-order valence-electron chi connectivity index (χ0n) is 33.5. The van der Waals surface area contributed by atoms with E-state index < -0.39 is 11.6 Å². The van der Waals surface area contributed by atoms with Gasteiger partial charge >= 0.3 is 0 Å². The summed E-state index contributed by atoms with van der Waals surface area (Å²) in [4.78, 5) is 0. The quantitative estimate of drug-likeness (QED) is 0.152. The van der Waals surface area contributed by atoms with Crippen LogP contribution < -0.4 is 0 Å². The molecular weight excluding hydrogens is 759 g/mol. The monoisotopic (exact) mass is 794 g/mol. The molecule has 0 aromatic heterocycles. The molecule has 0 spiro atoms. The Hall–Kier alpha value is -7.94. The second-order valence-electron chi connectivity index (χ2n) is 16.3. The van der Waals surface area contributed by atoms with Crippen LogP contribution >= 0.6 is 0 Å². The standard InChI is InChI=1S/C60H36F2/c61-47-33-46(34-48(62)36-47)60-53-19-9-5-15-49(53)57(50-16-6-10-20-54(50)60)40-25-21-39(22-26-40)43-29-30-55-56(35-43)59(45-28-24-38-12-2-4-14-42(38)32-45)52-18-8-7-17-51(52)58(55)44-27-23-37-11-1-3-13-41(37)31-44/h1-36H. The van der Waals surface area contributed by atoms with Crippen LogP contribution in [0.1, 0.15) is 0 Å². The summed E-state index contributed by atoms with van der Waals surface area (Å²) in [5.41, 5.74) is 10.6. The maximum Gasteiger partial charge on any atom is 0.126 e.